The Balaban J connectivity index is 1.94. The summed E-state index contributed by atoms with van der Waals surface area (Å²) in [4.78, 5) is 0. The Labute approximate surface area is 111 Å². The van der Waals surface area contributed by atoms with Gasteiger partial charge in [-0.05, 0) is 30.4 Å². The number of rotatable bonds is 4. The van der Waals surface area contributed by atoms with Crippen molar-refractivity contribution in [3.05, 3.63) is 35.9 Å². The predicted octanol–water partition coefficient (Wildman–Crippen LogP) is 2.43. The van der Waals surface area contributed by atoms with Crippen molar-refractivity contribution in [3.8, 4) is 0 Å². The maximum absolute atomic E-state index is 6.08. The molecule has 0 amide bonds. The largest absolute Gasteiger partial charge is 0.330 e. The third-order valence-corrected chi connectivity index (χ3v) is 4.71. The number of nitrogens with zero attached hydrogens (tertiary/aromatic N) is 1. The lowest BCUT2D eigenvalue weighted by Crippen LogP contribution is -2.51. The number of piperidine rings is 1. The summed E-state index contributed by atoms with van der Waals surface area (Å²) in [5.41, 5.74) is 7.93. The van der Waals surface area contributed by atoms with Crippen LogP contribution in [0.15, 0.2) is 30.3 Å². The van der Waals surface area contributed by atoms with Crippen molar-refractivity contribution in [2.45, 2.75) is 25.7 Å². The van der Waals surface area contributed by atoms with Gasteiger partial charge in [-0.3, -0.25) is 0 Å². The molecule has 2 N–H and O–H groups in total. The van der Waals surface area contributed by atoms with E-state index in [2.05, 4.69) is 44.4 Å². The van der Waals surface area contributed by atoms with E-state index in [1.165, 1.54) is 44.3 Å². The fourth-order valence-corrected chi connectivity index (χ4v) is 2.93. The van der Waals surface area contributed by atoms with E-state index < -0.39 is 0 Å². The van der Waals surface area contributed by atoms with Gasteiger partial charge >= 0.3 is 0 Å². The van der Waals surface area contributed by atoms with Crippen molar-refractivity contribution in [2.24, 2.45) is 11.1 Å². The van der Waals surface area contributed by atoms with Crippen LogP contribution in [0.4, 0.5) is 0 Å². The lowest BCUT2D eigenvalue weighted by atomic mass is 9.74. The molecule has 0 aromatic heterocycles. The molecule has 0 aliphatic carbocycles. The van der Waals surface area contributed by atoms with Crippen molar-refractivity contribution >= 4 is 0 Å². The van der Waals surface area contributed by atoms with Crippen molar-refractivity contribution in [1.29, 1.82) is 0 Å². The number of likely N-dealkylation sites (tertiary alicyclic amines) is 1. The maximum atomic E-state index is 6.08. The molecule has 1 fully saturated rings. The molecule has 1 heterocycles. The number of hydrogen-bond acceptors (Lipinski definition) is 1. The number of hydrogen-bond donors (Lipinski definition) is 1. The van der Waals surface area contributed by atoms with Crippen LogP contribution < -0.4 is 5.73 Å². The molecule has 0 radical (unpaired) electrons. The van der Waals surface area contributed by atoms with Crippen LogP contribution in [-0.2, 0) is 6.42 Å². The Morgan fingerprint density at radius 1 is 1.11 bits per heavy atom. The fourth-order valence-electron chi connectivity index (χ4n) is 2.93. The van der Waals surface area contributed by atoms with Crippen LogP contribution >= 0.6 is 0 Å². The minimum absolute atomic E-state index is 0.392. The van der Waals surface area contributed by atoms with Crippen LogP contribution in [0, 0.1) is 5.41 Å². The second-order valence-corrected chi connectivity index (χ2v) is 6.57. The zero-order chi connectivity index (χ0) is 13.1. The summed E-state index contributed by atoms with van der Waals surface area (Å²) in [5, 5.41) is 0. The van der Waals surface area contributed by atoms with Crippen LogP contribution in [0.3, 0.4) is 0 Å². The smallest absolute Gasteiger partial charge is 0.0788 e. The second kappa shape index (κ2) is 5.41. The van der Waals surface area contributed by atoms with E-state index in [0.717, 1.165) is 11.0 Å². The number of aryl methyl sites for hydroxylation is 1. The SMILES string of the molecule is C[N+]1(C)CCC(CN)(CCc2ccccc2)CC1. The Kier molecular flexibility index (Phi) is 4.08. The first-order valence-corrected chi connectivity index (χ1v) is 7.11. The van der Waals surface area contributed by atoms with Crippen molar-refractivity contribution in [1.82, 2.24) is 0 Å². The highest BCUT2D eigenvalue weighted by atomic mass is 15.3. The molecule has 0 saturated carbocycles. The Morgan fingerprint density at radius 2 is 1.72 bits per heavy atom. The third-order valence-electron chi connectivity index (χ3n) is 4.71. The topological polar surface area (TPSA) is 26.0 Å². The first-order valence-electron chi connectivity index (χ1n) is 7.11. The first kappa shape index (κ1) is 13.6. The Hall–Kier alpha value is -0.860. The highest BCUT2D eigenvalue weighted by Crippen LogP contribution is 2.36. The lowest BCUT2D eigenvalue weighted by Gasteiger charge is -2.44. The molecule has 0 atom stereocenters. The molecular weight excluding hydrogens is 220 g/mol. The van der Waals surface area contributed by atoms with Gasteiger partial charge in [0.1, 0.15) is 0 Å². The van der Waals surface area contributed by atoms with Gasteiger partial charge in [0.15, 0.2) is 0 Å². The summed E-state index contributed by atoms with van der Waals surface area (Å²) >= 11 is 0. The number of quaternary nitrogens is 1. The van der Waals surface area contributed by atoms with E-state index in [4.69, 9.17) is 5.73 Å². The number of nitrogens with two attached hydrogens (primary N) is 1. The molecule has 0 bridgehead atoms. The molecule has 100 valence electrons. The third kappa shape index (κ3) is 3.33. The minimum atomic E-state index is 0.392. The standard InChI is InChI=1S/C16H27N2/c1-18(2)12-10-16(14-17,11-13-18)9-8-15-6-4-3-5-7-15/h3-7H,8-14,17H2,1-2H3/q+1. The average Bonchev–Trinajstić information content (AvgIpc) is 2.40. The number of benzene rings is 1. The van der Waals surface area contributed by atoms with Gasteiger partial charge in [-0.25, -0.2) is 0 Å². The average molecular weight is 247 g/mol. The van der Waals surface area contributed by atoms with Gasteiger partial charge < -0.3 is 10.2 Å². The molecule has 2 rings (SSSR count). The van der Waals surface area contributed by atoms with E-state index in [1.807, 2.05) is 0 Å². The molecule has 2 nitrogen and oxygen atoms in total. The van der Waals surface area contributed by atoms with Gasteiger partial charge in [0.05, 0.1) is 27.2 Å². The zero-order valence-electron chi connectivity index (χ0n) is 11.9. The molecule has 1 aliphatic heterocycles. The van der Waals surface area contributed by atoms with Crippen LogP contribution in [-0.4, -0.2) is 38.2 Å². The molecular formula is C16H27N2+. The summed E-state index contributed by atoms with van der Waals surface area (Å²) in [6.45, 7) is 3.39. The summed E-state index contributed by atoms with van der Waals surface area (Å²) in [7, 11) is 4.66. The molecule has 1 aromatic carbocycles. The molecule has 2 heteroatoms. The molecule has 1 aromatic rings. The highest BCUT2D eigenvalue weighted by molar-refractivity contribution is 5.15. The van der Waals surface area contributed by atoms with Crippen molar-refractivity contribution in [3.63, 3.8) is 0 Å². The van der Waals surface area contributed by atoms with Crippen LogP contribution in [0.1, 0.15) is 24.8 Å². The van der Waals surface area contributed by atoms with Crippen LogP contribution in [0.2, 0.25) is 0 Å². The predicted molar refractivity (Wildman–Crippen MR) is 77.3 cm³/mol. The van der Waals surface area contributed by atoms with Crippen molar-refractivity contribution < 1.29 is 4.48 Å². The zero-order valence-corrected chi connectivity index (χ0v) is 11.9. The van der Waals surface area contributed by atoms with Gasteiger partial charge in [-0.1, -0.05) is 30.3 Å². The fraction of sp³-hybridized carbons (Fsp3) is 0.625. The summed E-state index contributed by atoms with van der Waals surface area (Å²) < 4.78 is 1.16. The van der Waals surface area contributed by atoms with E-state index >= 15 is 0 Å². The quantitative estimate of drug-likeness (QED) is 0.813. The monoisotopic (exact) mass is 247 g/mol. The van der Waals surface area contributed by atoms with Crippen LogP contribution in [0.25, 0.3) is 0 Å². The van der Waals surface area contributed by atoms with Crippen LogP contribution in [0.5, 0.6) is 0 Å². The van der Waals surface area contributed by atoms with Gasteiger partial charge in [-0.15, -0.1) is 0 Å². The molecule has 1 saturated heterocycles. The van der Waals surface area contributed by atoms with Gasteiger partial charge in [0.2, 0.25) is 0 Å². The summed E-state index contributed by atoms with van der Waals surface area (Å²) in [6.07, 6.45) is 4.98. The minimum Gasteiger partial charge on any atom is -0.330 e. The summed E-state index contributed by atoms with van der Waals surface area (Å²) in [5.74, 6) is 0. The molecule has 0 unspecified atom stereocenters. The van der Waals surface area contributed by atoms with Gasteiger partial charge in [0.25, 0.3) is 0 Å². The van der Waals surface area contributed by atoms with Crippen molar-refractivity contribution in [2.75, 3.05) is 33.7 Å². The van der Waals surface area contributed by atoms with Gasteiger partial charge in [-0.2, -0.15) is 0 Å². The summed E-state index contributed by atoms with van der Waals surface area (Å²) in [6, 6.07) is 10.8. The normalized spacial score (nSPS) is 21.7. The molecule has 1 aliphatic rings. The Morgan fingerprint density at radius 3 is 2.28 bits per heavy atom. The van der Waals surface area contributed by atoms with E-state index in [1.54, 1.807) is 0 Å². The Bertz CT molecular complexity index is 360. The molecule has 0 spiro atoms. The van der Waals surface area contributed by atoms with E-state index in [9.17, 15) is 0 Å². The highest BCUT2D eigenvalue weighted by Gasteiger charge is 2.37. The maximum Gasteiger partial charge on any atom is 0.0788 e. The molecule has 18 heavy (non-hydrogen) atoms. The van der Waals surface area contributed by atoms with E-state index in [0.29, 0.717) is 5.41 Å². The first-order chi connectivity index (χ1) is 8.55. The lowest BCUT2D eigenvalue weighted by molar-refractivity contribution is -0.897. The van der Waals surface area contributed by atoms with Gasteiger partial charge in [0, 0.05) is 12.8 Å². The second-order valence-electron chi connectivity index (χ2n) is 6.57. The van der Waals surface area contributed by atoms with E-state index in [-0.39, 0.29) is 0 Å².